The first-order chi connectivity index (χ1) is 20.1. The number of fused-ring (bicyclic) bond motifs is 7. The van der Waals surface area contributed by atoms with Gasteiger partial charge in [0.15, 0.2) is 11.5 Å². The lowest BCUT2D eigenvalue weighted by molar-refractivity contribution is -0.248. The van der Waals surface area contributed by atoms with Gasteiger partial charge in [0, 0.05) is 11.5 Å². The Hall–Kier alpha value is -2.23. The van der Waals surface area contributed by atoms with Gasteiger partial charge in [0.05, 0.1) is 0 Å². The highest BCUT2D eigenvalue weighted by atomic mass is 16.5. The first-order valence-electron chi connectivity index (χ1n) is 17.1. The minimum Gasteiger partial charge on any atom is -0.504 e. The lowest BCUT2D eigenvalue weighted by Crippen LogP contribution is -2.66. The number of benzene rings is 1. The monoisotopic (exact) mass is 588 g/mol. The minimum absolute atomic E-state index is 0.103. The number of hydrogen-bond donors (Lipinski definition) is 2. The zero-order valence-electron chi connectivity index (χ0n) is 27.8. The lowest BCUT2D eigenvalue weighted by atomic mass is 9.32. The van der Waals surface area contributed by atoms with Gasteiger partial charge in [0.25, 0.3) is 0 Å². The van der Waals surface area contributed by atoms with Crippen LogP contribution in [-0.4, -0.2) is 22.3 Å². The van der Waals surface area contributed by atoms with E-state index in [1.54, 1.807) is 12.1 Å². The third kappa shape index (κ3) is 4.46. The van der Waals surface area contributed by atoms with Crippen molar-refractivity contribution in [2.45, 2.75) is 119 Å². The topological polar surface area (TPSA) is 66.8 Å². The molecule has 0 heterocycles. The molecule has 0 saturated heterocycles. The number of phenols is 2. The Balaban J connectivity index is 1.22. The molecule has 6 rings (SSSR count). The molecule has 10 atom stereocenters. The molecule has 2 unspecified atom stereocenters. The van der Waals surface area contributed by atoms with Crippen LogP contribution < -0.4 is 0 Å². The molecular formula is C39H56O4. The molecule has 0 bridgehead atoms. The first kappa shape index (κ1) is 30.8. The van der Waals surface area contributed by atoms with Gasteiger partial charge in [-0.25, -0.2) is 4.79 Å². The van der Waals surface area contributed by atoms with Crippen LogP contribution in [-0.2, 0) is 9.53 Å². The molecule has 2 N–H and O–H groups in total. The van der Waals surface area contributed by atoms with Gasteiger partial charge >= 0.3 is 5.97 Å². The van der Waals surface area contributed by atoms with E-state index in [4.69, 9.17) is 4.74 Å². The van der Waals surface area contributed by atoms with Gasteiger partial charge < -0.3 is 14.9 Å². The number of rotatable bonds is 4. The van der Waals surface area contributed by atoms with Crippen molar-refractivity contribution in [3.8, 4) is 11.5 Å². The van der Waals surface area contributed by atoms with Gasteiger partial charge in [-0.1, -0.05) is 59.8 Å². The SMILES string of the molecule is C=C(C)C1CC[C@]2(C)CC[C@]3(C)[C@H](CC[C@@H]4[C@@]5(C)CCC(OC(=O)C=Cc6ccc(O)c(O)c6)C(C)(C)[C@@H]5CC[C@]43C)[C@@H]12. The van der Waals surface area contributed by atoms with E-state index in [1.807, 2.05) is 0 Å². The highest BCUT2D eigenvalue weighted by Crippen LogP contribution is 2.77. The van der Waals surface area contributed by atoms with Crippen LogP contribution in [0, 0.1) is 56.7 Å². The number of phenolic OH excluding ortho intramolecular Hbond substituents is 2. The largest absolute Gasteiger partial charge is 0.504 e. The highest BCUT2D eigenvalue weighted by Gasteiger charge is 2.70. The summed E-state index contributed by atoms with van der Waals surface area (Å²) in [5, 5.41) is 19.4. The van der Waals surface area contributed by atoms with Gasteiger partial charge in [-0.3, -0.25) is 0 Å². The van der Waals surface area contributed by atoms with E-state index in [0.717, 1.165) is 24.7 Å². The Bertz CT molecular complexity index is 1330. The maximum atomic E-state index is 13.0. The van der Waals surface area contributed by atoms with Crippen LogP contribution in [0.15, 0.2) is 36.4 Å². The molecule has 5 aliphatic rings. The molecule has 1 aromatic rings. The smallest absolute Gasteiger partial charge is 0.331 e. The molecule has 0 spiro atoms. The van der Waals surface area contributed by atoms with E-state index < -0.39 is 0 Å². The zero-order chi connectivity index (χ0) is 31.2. The van der Waals surface area contributed by atoms with E-state index in [2.05, 4.69) is 55.0 Å². The molecule has 0 amide bonds. The van der Waals surface area contributed by atoms with Gasteiger partial charge in [-0.2, -0.15) is 0 Å². The highest BCUT2D eigenvalue weighted by molar-refractivity contribution is 5.87. The summed E-state index contributed by atoms with van der Waals surface area (Å²) in [7, 11) is 0. The van der Waals surface area contributed by atoms with Crippen molar-refractivity contribution in [1.82, 2.24) is 0 Å². The number of ether oxygens (including phenoxy) is 1. The number of allylic oxidation sites excluding steroid dienone is 1. The first-order valence-corrected chi connectivity index (χ1v) is 17.1. The van der Waals surface area contributed by atoms with Gasteiger partial charge in [0.1, 0.15) is 6.10 Å². The van der Waals surface area contributed by atoms with Gasteiger partial charge in [-0.15, -0.1) is 0 Å². The van der Waals surface area contributed by atoms with E-state index in [1.165, 1.54) is 75.1 Å². The summed E-state index contributed by atoms with van der Waals surface area (Å²) in [5.41, 5.74) is 3.40. The van der Waals surface area contributed by atoms with Crippen LogP contribution in [0.3, 0.4) is 0 Å². The molecular weight excluding hydrogens is 532 g/mol. The number of carbonyl (C=O) groups excluding carboxylic acids is 1. The standard InChI is InChI=1S/C39H56O4/c1-24(2)26-15-18-36(5)21-22-38(7)27(34(26)36)11-13-31-37(6)19-17-32(35(3,4)30(37)16-20-39(31,38)8)43-33(42)14-10-25-9-12-28(40)29(41)23-25/h9-10,12,14,23,26-27,30-32,34,40-41H,1,11,13,15-22H2,2-8H3/t26?,27-,30+,31-,32?,34-,36-,37+,38-,39-/m1/s1. The Labute approximate surface area is 260 Å². The summed E-state index contributed by atoms with van der Waals surface area (Å²) in [6.07, 6.45) is 15.6. The Kier molecular flexibility index (Phi) is 7.26. The predicted molar refractivity (Wildman–Crippen MR) is 173 cm³/mol. The third-order valence-electron chi connectivity index (χ3n) is 15.1. The van der Waals surface area contributed by atoms with Crippen molar-refractivity contribution in [3.63, 3.8) is 0 Å². The Morgan fingerprint density at radius 1 is 0.860 bits per heavy atom. The van der Waals surface area contributed by atoms with Crippen molar-refractivity contribution in [3.05, 3.63) is 42.0 Å². The number of hydrogen-bond acceptors (Lipinski definition) is 4. The predicted octanol–water partition coefficient (Wildman–Crippen LogP) is 9.70. The molecule has 236 valence electrons. The lowest BCUT2D eigenvalue weighted by Gasteiger charge is -2.73. The summed E-state index contributed by atoms with van der Waals surface area (Å²) in [4.78, 5) is 13.0. The fourth-order valence-corrected chi connectivity index (χ4v) is 12.7. The second kappa shape index (κ2) is 10.1. The van der Waals surface area contributed by atoms with Crippen molar-refractivity contribution >= 4 is 12.0 Å². The summed E-state index contributed by atoms with van der Waals surface area (Å²) < 4.78 is 6.19. The molecule has 4 nitrogen and oxygen atoms in total. The van der Waals surface area contributed by atoms with E-state index in [-0.39, 0.29) is 34.4 Å². The van der Waals surface area contributed by atoms with Crippen molar-refractivity contribution in [2.75, 3.05) is 0 Å². The maximum Gasteiger partial charge on any atom is 0.331 e. The fourth-order valence-electron chi connectivity index (χ4n) is 12.7. The van der Waals surface area contributed by atoms with Crippen LogP contribution >= 0.6 is 0 Å². The summed E-state index contributed by atoms with van der Waals surface area (Å²) in [6.45, 7) is 22.1. The minimum atomic E-state index is -0.336. The molecule has 43 heavy (non-hydrogen) atoms. The van der Waals surface area contributed by atoms with Crippen LogP contribution in [0.2, 0.25) is 0 Å². The van der Waals surface area contributed by atoms with E-state index >= 15 is 0 Å². The van der Waals surface area contributed by atoms with Crippen molar-refractivity contribution in [2.24, 2.45) is 56.7 Å². The summed E-state index contributed by atoms with van der Waals surface area (Å²) in [6, 6.07) is 4.54. The molecule has 0 aromatic heterocycles. The number of esters is 1. The van der Waals surface area contributed by atoms with E-state index in [0.29, 0.717) is 39.6 Å². The molecule has 0 radical (unpaired) electrons. The van der Waals surface area contributed by atoms with Crippen LogP contribution in [0.5, 0.6) is 11.5 Å². The van der Waals surface area contributed by atoms with Crippen LogP contribution in [0.1, 0.15) is 118 Å². The quantitative estimate of drug-likeness (QED) is 0.159. The average molecular weight is 589 g/mol. The molecule has 0 aliphatic heterocycles. The third-order valence-corrected chi connectivity index (χ3v) is 15.1. The molecule has 5 fully saturated rings. The molecule has 5 aliphatic carbocycles. The Morgan fingerprint density at radius 3 is 2.30 bits per heavy atom. The molecule has 5 saturated carbocycles. The molecule has 4 heteroatoms. The Morgan fingerprint density at radius 2 is 1.60 bits per heavy atom. The normalized spacial score (nSPS) is 45.0. The van der Waals surface area contributed by atoms with Gasteiger partial charge in [-0.05, 0) is 146 Å². The van der Waals surface area contributed by atoms with E-state index in [9.17, 15) is 15.0 Å². The van der Waals surface area contributed by atoms with Crippen LogP contribution in [0.4, 0.5) is 0 Å². The summed E-state index contributed by atoms with van der Waals surface area (Å²) >= 11 is 0. The number of aromatic hydroxyl groups is 2. The second-order valence-corrected chi connectivity index (χ2v) is 17.2. The molecule has 1 aromatic carbocycles. The van der Waals surface area contributed by atoms with Crippen molar-refractivity contribution in [1.29, 1.82) is 0 Å². The number of carbonyl (C=O) groups is 1. The summed E-state index contributed by atoms with van der Waals surface area (Å²) in [5.74, 6) is 2.79. The van der Waals surface area contributed by atoms with Crippen molar-refractivity contribution < 1.29 is 19.7 Å². The van der Waals surface area contributed by atoms with Crippen LogP contribution in [0.25, 0.3) is 6.08 Å². The average Bonchev–Trinajstić information content (AvgIpc) is 3.29. The zero-order valence-corrected chi connectivity index (χ0v) is 27.8. The maximum absolute atomic E-state index is 13.0. The second-order valence-electron chi connectivity index (χ2n) is 17.2. The fraction of sp³-hybridized carbons (Fsp3) is 0.718. The van der Waals surface area contributed by atoms with Gasteiger partial charge in [0.2, 0.25) is 0 Å².